The molecule has 51 heteroatoms. The van der Waals surface area contributed by atoms with E-state index in [0.29, 0.717) is 174 Å². The molecule has 12 aromatic rings. The minimum absolute atomic E-state index is 0.00443. The summed E-state index contributed by atoms with van der Waals surface area (Å²) in [5.74, 6) is 5.94. The van der Waals surface area contributed by atoms with Gasteiger partial charge in [-0.05, 0) is 202 Å². The summed E-state index contributed by atoms with van der Waals surface area (Å²) in [6.45, 7) is 21.9. The molecule has 4 saturated heterocycles. The fourth-order valence-electron chi connectivity index (χ4n) is 13.3. The van der Waals surface area contributed by atoms with Crippen molar-refractivity contribution in [3.8, 4) is 114 Å². The molecular weight excluding hydrogens is 2000 g/mol. The molecule has 0 unspecified atom stereocenters. The number of nitrogens with one attached hydrogen (secondary N) is 5. The van der Waals surface area contributed by atoms with E-state index in [1.165, 1.54) is 7.11 Å². The van der Waals surface area contributed by atoms with Gasteiger partial charge in [-0.2, -0.15) is 19.9 Å². The van der Waals surface area contributed by atoms with Crippen LogP contribution in [0.1, 0.15) is 62.3 Å². The van der Waals surface area contributed by atoms with Crippen molar-refractivity contribution in [2.75, 3.05) is 204 Å². The van der Waals surface area contributed by atoms with Crippen molar-refractivity contribution in [3.05, 3.63) is 179 Å². The lowest BCUT2D eigenvalue weighted by Crippen LogP contribution is -2.51. The molecule has 780 valence electrons. The monoisotopic (exact) mass is 2110 g/mol. The number of halogens is 4. The molecule has 46 nitrogen and oxygen atoms in total. The van der Waals surface area contributed by atoms with Gasteiger partial charge in [0.05, 0.1) is 77.6 Å². The van der Waals surface area contributed by atoms with Gasteiger partial charge in [-0.25, -0.2) is 14.4 Å². The number of hydrogen-bond donors (Lipinski definition) is 6. The number of amides is 5. The van der Waals surface area contributed by atoms with Crippen LogP contribution < -0.4 is 89.1 Å². The highest BCUT2D eigenvalue weighted by atomic mass is 36.0. The van der Waals surface area contributed by atoms with Crippen LogP contribution in [0.15, 0.2) is 179 Å². The first-order valence-corrected chi connectivity index (χ1v) is 49.3. The zero-order valence-corrected chi connectivity index (χ0v) is 86.4. The maximum atomic E-state index is 12.5. The van der Waals surface area contributed by atoms with Gasteiger partial charge in [0, 0.05) is 144 Å². The molecule has 4 aliphatic rings. The summed E-state index contributed by atoms with van der Waals surface area (Å²) in [6, 6.07) is 45.5. The summed E-state index contributed by atoms with van der Waals surface area (Å²) in [5, 5.41) is 35.9. The number of carboxylic acid groups (broad SMARTS) is 1. The number of methoxy groups -OCH3 is 10. The van der Waals surface area contributed by atoms with Crippen LogP contribution in [0.2, 0.25) is 5.35 Å². The Balaban J connectivity index is 0.000000192. The molecule has 7 aromatic carbocycles. The van der Waals surface area contributed by atoms with Crippen LogP contribution in [0.4, 0.5) is 27.6 Å². The number of aliphatic carboxylic acids is 1. The standard InChI is InChI=1S/C23H25N5O5.C19H26N4O5.C14H18N4O3.C10H9ClN2O3.C10H10N2O4.C9H18N2O2.C9H9NO3.Cl3OP/c1-31-18-9-8-17(14-19(18)32-2)21-25-23(33-26-21)28-12-10-27(11-13-28)20(29)15-24-22(30)16-6-4-3-5-7-16;1-19(2,3)27-18(24)23-10-8-22(9-11-23)17-20-16(21-28-17)13-6-7-14(25-4)15(12-13)26-5;1-19-11-4-3-10(9-12(11)20-2)13-16-14(21-17-13)18-7-5-15-6-8-18;1-14-7-4-3-6(5-8(7)15-2)9-12-10(11)16-13-9;1-14-7-4-3-6(5-8(7)15-2)9-11-10(13)16-12-9;1-9(2,3)13-8(12)11-6-4-10-5-7-11;11-8(12)6-10-9(13)7-4-2-1-3-5-7;1-5(2,3)4/h3-9,14H,10-13,15H2,1-2H3,(H,24,30);6-7,12H,8-11H2,1-5H3;3-4,9,15H,5-8H2,1-2H3;3-5H,1-2H3;3-5H,1-2H3,(H,11,12,13);10H,4-7H2,1-3H3;1-5H,6H2,(H,10,13)(H,11,12);. The minimum Gasteiger partial charge on any atom is -0.493 e. The van der Waals surface area contributed by atoms with Gasteiger partial charge in [0.2, 0.25) is 29.2 Å². The van der Waals surface area contributed by atoms with Gasteiger partial charge < -0.3 is 131 Å². The number of H-pyrrole nitrogens is 1. The molecule has 0 atom stereocenters. The maximum Gasteiger partial charge on any atom is 0.439 e. The normalized spacial score (nSPS) is 13.2. The van der Waals surface area contributed by atoms with Gasteiger partial charge in [0.15, 0.2) is 63.3 Å². The number of aromatic amines is 1. The molecule has 6 N–H and O–H groups in total. The zero-order valence-electron chi connectivity index (χ0n) is 82.5. The van der Waals surface area contributed by atoms with Gasteiger partial charge in [-0.1, -0.05) is 62.2 Å². The summed E-state index contributed by atoms with van der Waals surface area (Å²) in [6.07, 6.45) is -0.502. The molecule has 4 aliphatic heterocycles. The van der Waals surface area contributed by atoms with E-state index in [1.807, 2.05) is 87.7 Å². The number of carboxylic acids is 1. The molecule has 5 aromatic heterocycles. The van der Waals surface area contributed by atoms with Crippen molar-refractivity contribution in [2.45, 2.75) is 52.7 Å². The number of benzene rings is 7. The van der Waals surface area contributed by atoms with Gasteiger partial charge in [-0.15, -0.1) is 0 Å². The van der Waals surface area contributed by atoms with Gasteiger partial charge in [-0.3, -0.25) is 33.3 Å². The minimum atomic E-state index is -3.22. The number of rotatable bonds is 24. The van der Waals surface area contributed by atoms with Crippen LogP contribution in [-0.2, 0) is 23.6 Å². The van der Waals surface area contributed by atoms with E-state index >= 15 is 0 Å². The number of hydrogen-bond acceptors (Lipinski definition) is 39. The SMILES string of the molecule is CC(C)(C)OC(=O)N1CCNCC1.COc1ccc(-c2noc(=O)[nH]2)cc1OC.COc1ccc(-c2noc(Cl)n2)cc1OC.COc1ccc(-c2noc(N3CCN(C(=O)CNC(=O)c4ccccc4)CC3)n2)cc1OC.COc1ccc(-c2noc(N3CCN(C(=O)OC(C)(C)C)CC3)n2)cc1OC.COc1ccc(-c2noc(N3CCNCC3)n2)cc1OC.O=C(O)CNC(=O)c1ccccc1.O=P(Cl)(Cl)Cl. The average molecular weight is 2110 g/mol. The van der Waals surface area contributed by atoms with Crippen LogP contribution in [-0.4, -0.2) is 306 Å². The van der Waals surface area contributed by atoms with Crippen molar-refractivity contribution in [3.63, 3.8) is 0 Å². The van der Waals surface area contributed by atoms with E-state index in [0.717, 1.165) is 74.6 Å². The molecule has 4 fully saturated rings. The van der Waals surface area contributed by atoms with E-state index in [2.05, 4.69) is 120 Å². The lowest BCUT2D eigenvalue weighted by molar-refractivity contribution is -0.135. The number of ether oxygens (including phenoxy) is 12. The predicted molar refractivity (Wildman–Crippen MR) is 537 cm³/mol. The van der Waals surface area contributed by atoms with E-state index in [-0.39, 0.29) is 53.9 Å². The molecule has 0 saturated carbocycles. The van der Waals surface area contributed by atoms with Crippen molar-refractivity contribution < 1.29 is 118 Å². The van der Waals surface area contributed by atoms with E-state index in [1.54, 1.807) is 194 Å². The molecule has 145 heavy (non-hydrogen) atoms. The Hall–Kier alpha value is -14.8. The Bertz CT molecular complexity index is 6220. The largest absolute Gasteiger partial charge is 0.493 e. The number of aromatic nitrogens is 10. The summed E-state index contributed by atoms with van der Waals surface area (Å²) in [4.78, 5) is 111. The van der Waals surface area contributed by atoms with E-state index < -0.39 is 22.5 Å². The van der Waals surface area contributed by atoms with Crippen molar-refractivity contribution in [2.24, 2.45) is 0 Å². The first kappa shape index (κ1) is 114. The van der Waals surface area contributed by atoms with Crippen LogP contribution in [0, 0.1) is 0 Å². The Morgan fingerprint density at radius 1 is 0.379 bits per heavy atom. The second kappa shape index (κ2) is 56.3. The predicted octanol–water partition coefficient (Wildman–Crippen LogP) is 13.4. The second-order valence-electron chi connectivity index (χ2n) is 32.5. The topological polar surface area (TPSA) is 533 Å². The molecule has 0 bridgehead atoms. The van der Waals surface area contributed by atoms with Crippen LogP contribution in [0.5, 0.6) is 57.5 Å². The Kier molecular flexibility index (Phi) is 44.2. The Morgan fingerprint density at radius 2 is 0.676 bits per heavy atom. The fraction of sp³-hybridized carbons (Fsp3) is 0.383. The van der Waals surface area contributed by atoms with Crippen molar-refractivity contribution in [1.29, 1.82) is 0 Å². The van der Waals surface area contributed by atoms with Gasteiger partial charge >= 0.3 is 52.5 Å². The highest BCUT2D eigenvalue weighted by Gasteiger charge is 2.31. The fourth-order valence-corrected chi connectivity index (χ4v) is 13.5. The van der Waals surface area contributed by atoms with Crippen LogP contribution in [0.3, 0.4) is 0 Å². The number of carbonyl (C=O) groups excluding carboxylic acids is 5. The van der Waals surface area contributed by atoms with Gasteiger partial charge in [0.25, 0.3) is 11.8 Å². The van der Waals surface area contributed by atoms with Crippen LogP contribution >= 0.6 is 50.5 Å². The zero-order chi connectivity index (χ0) is 105. The molecule has 9 heterocycles. The molecule has 5 amide bonds. The molecule has 0 aliphatic carbocycles. The first-order chi connectivity index (χ1) is 69.4. The third kappa shape index (κ3) is 36.5. The van der Waals surface area contributed by atoms with Crippen LogP contribution in [0.25, 0.3) is 56.9 Å². The number of piperazine rings is 4. The van der Waals surface area contributed by atoms with E-state index in [9.17, 15) is 38.1 Å². The summed E-state index contributed by atoms with van der Waals surface area (Å²) < 4.78 is 97.6. The lowest BCUT2D eigenvalue weighted by atomic mass is 10.2. The van der Waals surface area contributed by atoms with Gasteiger partial charge in [0.1, 0.15) is 17.7 Å². The number of nitrogens with zero attached hydrogens (tertiary/aromatic N) is 15. The molecule has 0 radical (unpaired) electrons. The number of carbonyl (C=O) groups is 6. The molecule has 16 rings (SSSR count). The Labute approximate surface area is 853 Å². The average Bonchev–Trinajstić information content (AvgIpc) is 1.63. The van der Waals surface area contributed by atoms with Crippen molar-refractivity contribution in [1.82, 2.24) is 86.7 Å². The number of anilines is 3. The second-order valence-corrected chi connectivity index (χ2v) is 39.5. The quantitative estimate of drug-likeness (QED) is 0.0306. The Morgan fingerprint density at radius 3 is 0.986 bits per heavy atom. The van der Waals surface area contributed by atoms with Crippen molar-refractivity contribution >= 4 is 104 Å². The molecule has 0 spiro atoms. The third-order valence-corrected chi connectivity index (χ3v) is 20.6. The molecular formula is C94H115Cl4N20O26P. The smallest absolute Gasteiger partial charge is 0.439 e. The first-order valence-electron chi connectivity index (χ1n) is 44.5. The maximum absolute atomic E-state index is 12.5. The summed E-state index contributed by atoms with van der Waals surface area (Å²) >= 11 is 19.4. The highest BCUT2D eigenvalue weighted by Crippen LogP contribution is 2.61. The third-order valence-electron chi connectivity index (χ3n) is 20.4. The van der Waals surface area contributed by atoms with E-state index in [4.69, 9.17) is 87.1 Å². The highest BCUT2D eigenvalue weighted by molar-refractivity contribution is 8.24. The summed E-state index contributed by atoms with van der Waals surface area (Å²) in [7, 11) is 15.7. The summed E-state index contributed by atoms with van der Waals surface area (Å²) in [5.41, 5.74) is 3.86. The lowest BCUT2D eigenvalue weighted by Gasteiger charge is -2.34.